The lowest BCUT2D eigenvalue weighted by atomic mass is 10.0. The molecule has 2 heterocycles. The molecule has 1 aliphatic rings. The number of carbonyl (C=O) groups is 2. The minimum Gasteiger partial charge on any atom is -0.480 e. The van der Waals surface area contributed by atoms with Crippen LogP contribution in [0.4, 0.5) is 0 Å². The number of ether oxygens (including phenoxy) is 1. The Hall–Kier alpha value is -2.25. The molecule has 1 aromatic carbocycles. The van der Waals surface area contributed by atoms with Crippen LogP contribution in [0.5, 0.6) is 0 Å². The maximum Gasteiger partial charge on any atom is 0.328 e. The van der Waals surface area contributed by atoms with E-state index < -0.39 is 12.0 Å². The van der Waals surface area contributed by atoms with Crippen molar-refractivity contribution in [2.75, 3.05) is 19.8 Å². The zero-order chi connectivity index (χ0) is 18.0. The van der Waals surface area contributed by atoms with E-state index in [0.717, 1.165) is 10.6 Å². The first kappa shape index (κ1) is 17.6. The highest BCUT2D eigenvalue weighted by atomic mass is 32.1. The smallest absolute Gasteiger partial charge is 0.328 e. The summed E-state index contributed by atoms with van der Waals surface area (Å²) < 4.78 is 5.17. The van der Waals surface area contributed by atoms with Crippen molar-refractivity contribution in [3.63, 3.8) is 0 Å². The molecule has 1 aliphatic heterocycles. The van der Waals surface area contributed by atoms with E-state index in [0.29, 0.717) is 12.5 Å². The minimum absolute atomic E-state index is 0.00866. The Balaban J connectivity index is 1.80. The lowest BCUT2D eigenvalue weighted by Gasteiger charge is -2.32. The molecular weight excluding hydrogens is 340 g/mol. The Morgan fingerprint density at radius 1 is 1.32 bits per heavy atom. The number of rotatable bonds is 4. The fourth-order valence-electron chi connectivity index (χ4n) is 2.71. The number of hydrogen-bond donors (Lipinski definition) is 1. The highest BCUT2D eigenvalue weighted by molar-refractivity contribution is 7.13. The van der Waals surface area contributed by atoms with Crippen LogP contribution in [0.25, 0.3) is 10.6 Å². The molecule has 0 spiro atoms. The third-order valence-electron chi connectivity index (χ3n) is 4.22. The van der Waals surface area contributed by atoms with Crippen molar-refractivity contribution < 1.29 is 19.4 Å². The average molecular weight is 360 g/mol. The van der Waals surface area contributed by atoms with E-state index in [-0.39, 0.29) is 24.8 Å². The van der Waals surface area contributed by atoms with Crippen LogP contribution in [0.15, 0.2) is 29.6 Å². The molecule has 1 saturated heterocycles. The largest absolute Gasteiger partial charge is 0.480 e. The van der Waals surface area contributed by atoms with Crippen LogP contribution in [-0.4, -0.2) is 52.7 Å². The Bertz CT molecular complexity index is 770. The molecule has 1 fully saturated rings. The van der Waals surface area contributed by atoms with Crippen molar-refractivity contribution in [1.82, 2.24) is 9.88 Å². The van der Waals surface area contributed by atoms with Crippen molar-refractivity contribution in [3.05, 3.63) is 40.9 Å². The Morgan fingerprint density at radius 2 is 2.04 bits per heavy atom. The standard InChI is InChI=1S/C18H20N2O4S/c1-11(2)12-3-5-13(6-4-12)16-19-14(10-25-16)17(21)20-7-8-24-9-15(20)18(22)23/h3-6,10-11,15H,7-9H2,1-2H3,(H,22,23)/t15-/m1/s1. The van der Waals surface area contributed by atoms with E-state index in [1.165, 1.54) is 21.8 Å². The number of nitrogens with zero attached hydrogens (tertiary/aromatic N) is 2. The first-order valence-electron chi connectivity index (χ1n) is 8.14. The molecule has 2 aromatic rings. The van der Waals surface area contributed by atoms with Gasteiger partial charge in [-0.15, -0.1) is 11.3 Å². The summed E-state index contributed by atoms with van der Waals surface area (Å²) in [6.45, 7) is 4.87. The van der Waals surface area contributed by atoms with Gasteiger partial charge in [-0.05, 0) is 11.5 Å². The number of morpholine rings is 1. The van der Waals surface area contributed by atoms with Gasteiger partial charge in [0.2, 0.25) is 0 Å². The Morgan fingerprint density at radius 3 is 2.68 bits per heavy atom. The second-order valence-electron chi connectivity index (χ2n) is 6.24. The molecule has 0 saturated carbocycles. The van der Waals surface area contributed by atoms with Gasteiger partial charge in [-0.25, -0.2) is 9.78 Å². The van der Waals surface area contributed by atoms with E-state index in [2.05, 4.69) is 31.0 Å². The second kappa shape index (κ2) is 7.33. The third-order valence-corrected chi connectivity index (χ3v) is 5.11. The summed E-state index contributed by atoms with van der Waals surface area (Å²) >= 11 is 1.38. The molecule has 1 atom stereocenters. The first-order chi connectivity index (χ1) is 12.0. The van der Waals surface area contributed by atoms with Crippen LogP contribution in [0.2, 0.25) is 0 Å². The van der Waals surface area contributed by atoms with Gasteiger partial charge in [-0.1, -0.05) is 38.1 Å². The molecule has 132 valence electrons. The van der Waals surface area contributed by atoms with Crippen LogP contribution >= 0.6 is 11.3 Å². The van der Waals surface area contributed by atoms with E-state index in [4.69, 9.17) is 4.74 Å². The number of thiazole rings is 1. The molecule has 0 radical (unpaired) electrons. The van der Waals surface area contributed by atoms with Crippen molar-refractivity contribution in [2.24, 2.45) is 0 Å². The van der Waals surface area contributed by atoms with Gasteiger partial charge in [0, 0.05) is 17.5 Å². The fourth-order valence-corrected chi connectivity index (χ4v) is 3.51. The van der Waals surface area contributed by atoms with Gasteiger partial charge in [0.25, 0.3) is 5.91 Å². The summed E-state index contributed by atoms with van der Waals surface area (Å²) in [6, 6.07) is 7.15. The third kappa shape index (κ3) is 3.72. The molecule has 25 heavy (non-hydrogen) atoms. The predicted molar refractivity (Wildman–Crippen MR) is 94.9 cm³/mol. The minimum atomic E-state index is -1.06. The number of carboxylic acid groups (broad SMARTS) is 1. The number of carboxylic acids is 1. The van der Waals surface area contributed by atoms with E-state index in [9.17, 15) is 14.7 Å². The zero-order valence-electron chi connectivity index (χ0n) is 14.1. The topological polar surface area (TPSA) is 79.7 Å². The number of hydrogen-bond acceptors (Lipinski definition) is 5. The highest BCUT2D eigenvalue weighted by Crippen LogP contribution is 2.26. The van der Waals surface area contributed by atoms with Gasteiger partial charge >= 0.3 is 5.97 Å². The van der Waals surface area contributed by atoms with Gasteiger partial charge in [0.1, 0.15) is 10.7 Å². The van der Waals surface area contributed by atoms with Crippen molar-refractivity contribution >= 4 is 23.2 Å². The predicted octanol–water partition coefficient (Wildman–Crippen LogP) is 2.86. The molecule has 7 heteroatoms. The second-order valence-corrected chi connectivity index (χ2v) is 7.10. The molecule has 6 nitrogen and oxygen atoms in total. The van der Waals surface area contributed by atoms with Gasteiger partial charge in [0.15, 0.2) is 6.04 Å². The molecule has 0 aliphatic carbocycles. The maximum atomic E-state index is 12.7. The average Bonchev–Trinajstić information content (AvgIpc) is 3.11. The molecular formula is C18H20N2O4S. The quantitative estimate of drug-likeness (QED) is 0.907. The van der Waals surface area contributed by atoms with Gasteiger partial charge < -0.3 is 14.7 Å². The fraction of sp³-hybridized carbons (Fsp3) is 0.389. The molecule has 1 amide bonds. The van der Waals surface area contributed by atoms with Gasteiger partial charge in [0.05, 0.1) is 13.2 Å². The number of aromatic nitrogens is 1. The molecule has 0 bridgehead atoms. The summed E-state index contributed by atoms with van der Waals surface area (Å²) in [6.07, 6.45) is 0. The number of benzene rings is 1. The van der Waals surface area contributed by atoms with Crippen LogP contribution in [0.1, 0.15) is 35.8 Å². The first-order valence-corrected chi connectivity index (χ1v) is 9.02. The molecule has 0 unspecified atom stereocenters. The zero-order valence-corrected chi connectivity index (χ0v) is 15.0. The van der Waals surface area contributed by atoms with Crippen molar-refractivity contribution in [2.45, 2.75) is 25.8 Å². The van der Waals surface area contributed by atoms with E-state index in [1.54, 1.807) is 5.38 Å². The van der Waals surface area contributed by atoms with Crippen LogP contribution in [0.3, 0.4) is 0 Å². The lowest BCUT2D eigenvalue weighted by molar-refractivity contribution is -0.147. The van der Waals surface area contributed by atoms with Crippen molar-refractivity contribution in [3.8, 4) is 10.6 Å². The summed E-state index contributed by atoms with van der Waals surface area (Å²) in [5, 5.41) is 11.7. The summed E-state index contributed by atoms with van der Waals surface area (Å²) in [5.41, 5.74) is 2.47. The number of carbonyl (C=O) groups excluding carboxylic acids is 1. The van der Waals surface area contributed by atoms with Crippen LogP contribution in [0, 0.1) is 0 Å². The van der Waals surface area contributed by atoms with Gasteiger partial charge in [-0.2, -0.15) is 0 Å². The lowest BCUT2D eigenvalue weighted by Crippen LogP contribution is -2.52. The van der Waals surface area contributed by atoms with Crippen LogP contribution in [-0.2, 0) is 9.53 Å². The Kier molecular flexibility index (Phi) is 5.15. The maximum absolute atomic E-state index is 12.7. The Labute approximate surface area is 150 Å². The highest BCUT2D eigenvalue weighted by Gasteiger charge is 2.34. The summed E-state index contributed by atoms with van der Waals surface area (Å²) in [4.78, 5) is 29.7. The summed E-state index contributed by atoms with van der Waals surface area (Å²) in [5.74, 6) is -0.971. The summed E-state index contributed by atoms with van der Waals surface area (Å²) in [7, 11) is 0. The van der Waals surface area contributed by atoms with Gasteiger partial charge in [-0.3, -0.25) is 4.79 Å². The van der Waals surface area contributed by atoms with Crippen LogP contribution < -0.4 is 0 Å². The monoisotopic (exact) mass is 360 g/mol. The number of amides is 1. The van der Waals surface area contributed by atoms with Crippen molar-refractivity contribution in [1.29, 1.82) is 0 Å². The normalized spacial score (nSPS) is 17.7. The number of aliphatic carboxylic acids is 1. The van der Waals surface area contributed by atoms with E-state index in [1.807, 2.05) is 12.1 Å². The molecule has 3 rings (SSSR count). The van der Waals surface area contributed by atoms with E-state index >= 15 is 0 Å². The SMILES string of the molecule is CC(C)c1ccc(-c2nc(C(=O)N3CCOC[C@@H]3C(=O)O)cs2)cc1. The molecule has 1 N–H and O–H groups in total. The molecule has 1 aromatic heterocycles.